The molecule has 0 spiro atoms. The number of methoxy groups -OCH3 is 1. The Kier molecular flexibility index (Phi) is 3.89. The molecule has 4 heteroatoms. The third kappa shape index (κ3) is 2.84. The molecule has 2 rings (SSSR count). The van der Waals surface area contributed by atoms with E-state index < -0.39 is 0 Å². The lowest BCUT2D eigenvalue weighted by atomic mass is 10.1. The summed E-state index contributed by atoms with van der Waals surface area (Å²) in [6, 6.07) is 9.16. The second kappa shape index (κ2) is 5.60. The molecule has 4 nitrogen and oxygen atoms in total. The number of ether oxygens (including phenoxy) is 1. The highest BCUT2D eigenvalue weighted by Crippen LogP contribution is 2.24. The SMILES string of the molecule is COc1ccc(CNC(C)c2ccco2)c(O)c1. The zero-order chi connectivity index (χ0) is 13.0. The van der Waals surface area contributed by atoms with Crippen molar-refractivity contribution >= 4 is 0 Å². The van der Waals surface area contributed by atoms with Crippen molar-refractivity contribution in [2.24, 2.45) is 0 Å². The van der Waals surface area contributed by atoms with Crippen molar-refractivity contribution in [3.63, 3.8) is 0 Å². The number of nitrogens with one attached hydrogen (secondary N) is 1. The van der Waals surface area contributed by atoms with Crippen molar-refractivity contribution in [3.05, 3.63) is 47.9 Å². The van der Waals surface area contributed by atoms with Gasteiger partial charge in [-0.25, -0.2) is 0 Å². The van der Waals surface area contributed by atoms with Crippen molar-refractivity contribution in [1.82, 2.24) is 5.32 Å². The van der Waals surface area contributed by atoms with Crippen LogP contribution in [0.1, 0.15) is 24.3 Å². The maximum atomic E-state index is 9.82. The summed E-state index contributed by atoms with van der Waals surface area (Å²) in [5.41, 5.74) is 0.828. The Balaban J connectivity index is 1.98. The van der Waals surface area contributed by atoms with Gasteiger partial charge in [0, 0.05) is 18.2 Å². The summed E-state index contributed by atoms with van der Waals surface area (Å²) in [7, 11) is 1.58. The van der Waals surface area contributed by atoms with E-state index in [1.807, 2.05) is 31.2 Å². The van der Waals surface area contributed by atoms with Gasteiger partial charge < -0.3 is 19.6 Å². The van der Waals surface area contributed by atoms with Gasteiger partial charge in [-0.05, 0) is 25.1 Å². The fraction of sp³-hybridized carbons (Fsp3) is 0.286. The number of aromatic hydroxyl groups is 1. The summed E-state index contributed by atoms with van der Waals surface area (Å²) in [5.74, 6) is 1.76. The molecule has 0 aliphatic rings. The molecule has 2 aromatic rings. The first-order valence-electron chi connectivity index (χ1n) is 5.83. The van der Waals surface area contributed by atoms with Crippen LogP contribution in [0.2, 0.25) is 0 Å². The van der Waals surface area contributed by atoms with E-state index in [0.29, 0.717) is 12.3 Å². The first kappa shape index (κ1) is 12.5. The third-order valence-electron chi connectivity index (χ3n) is 2.86. The van der Waals surface area contributed by atoms with Crippen LogP contribution in [-0.4, -0.2) is 12.2 Å². The summed E-state index contributed by atoms with van der Waals surface area (Å²) in [5, 5.41) is 13.1. The maximum Gasteiger partial charge on any atom is 0.123 e. The summed E-state index contributed by atoms with van der Waals surface area (Å²) in [4.78, 5) is 0. The fourth-order valence-electron chi connectivity index (χ4n) is 1.72. The van der Waals surface area contributed by atoms with E-state index in [-0.39, 0.29) is 11.8 Å². The Morgan fingerprint density at radius 2 is 2.22 bits per heavy atom. The maximum absolute atomic E-state index is 9.82. The lowest BCUT2D eigenvalue weighted by molar-refractivity contribution is 0.402. The topological polar surface area (TPSA) is 54.6 Å². The van der Waals surface area contributed by atoms with Crippen LogP contribution in [0.4, 0.5) is 0 Å². The van der Waals surface area contributed by atoms with E-state index in [2.05, 4.69) is 5.32 Å². The van der Waals surface area contributed by atoms with Gasteiger partial charge in [-0.2, -0.15) is 0 Å². The molecule has 0 aliphatic heterocycles. The Labute approximate surface area is 106 Å². The van der Waals surface area contributed by atoms with E-state index in [4.69, 9.17) is 9.15 Å². The predicted octanol–water partition coefficient (Wildman–Crippen LogP) is 2.84. The molecule has 18 heavy (non-hydrogen) atoms. The van der Waals surface area contributed by atoms with Crippen LogP contribution in [0.15, 0.2) is 41.0 Å². The van der Waals surface area contributed by atoms with Gasteiger partial charge in [-0.15, -0.1) is 0 Å². The van der Waals surface area contributed by atoms with Crippen LogP contribution < -0.4 is 10.1 Å². The molecular weight excluding hydrogens is 230 g/mol. The Hall–Kier alpha value is -1.94. The molecule has 1 aromatic heterocycles. The van der Waals surface area contributed by atoms with Crippen molar-refractivity contribution < 1.29 is 14.3 Å². The molecule has 1 aromatic carbocycles. The second-order valence-electron chi connectivity index (χ2n) is 4.11. The Morgan fingerprint density at radius 3 is 2.83 bits per heavy atom. The van der Waals surface area contributed by atoms with E-state index in [1.165, 1.54) is 0 Å². The first-order chi connectivity index (χ1) is 8.70. The zero-order valence-corrected chi connectivity index (χ0v) is 10.5. The Morgan fingerprint density at radius 1 is 1.39 bits per heavy atom. The van der Waals surface area contributed by atoms with Gasteiger partial charge in [-0.1, -0.05) is 6.07 Å². The average Bonchev–Trinajstić information content (AvgIpc) is 2.90. The monoisotopic (exact) mass is 247 g/mol. The van der Waals surface area contributed by atoms with Crippen molar-refractivity contribution in [2.75, 3.05) is 7.11 Å². The largest absolute Gasteiger partial charge is 0.507 e. The number of rotatable bonds is 5. The van der Waals surface area contributed by atoms with E-state index >= 15 is 0 Å². The molecule has 0 saturated heterocycles. The van der Waals surface area contributed by atoms with Gasteiger partial charge in [0.05, 0.1) is 19.4 Å². The quantitative estimate of drug-likeness (QED) is 0.853. The minimum atomic E-state index is 0.0986. The molecule has 0 radical (unpaired) electrons. The molecule has 0 bridgehead atoms. The highest BCUT2D eigenvalue weighted by molar-refractivity contribution is 5.39. The van der Waals surface area contributed by atoms with Crippen LogP contribution in [0, 0.1) is 0 Å². The molecule has 1 atom stereocenters. The number of benzene rings is 1. The van der Waals surface area contributed by atoms with Gasteiger partial charge in [0.2, 0.25) is 0 Å². The number of hydrogen-bond acceptors (Lipinski definition) is 4. The number of phenols is 1. The first-order valence-corrected chi connectivity index (χ1v) is 5.83. The molecule has 0 saturated carbocycles. The lowest BCUT2D eigenvalue weighted by Crippen LogP contribution is -2.17. The highest BCUT2D eigenvalue weighted by atomic mass is 16.5. The predicted molar refractivity (Wildman–Crippen MR) is 68.6 cm³/mol. The normalized spacial score (nSPS) is 12.3. The third-order valence-corrected chi connectivity index (χ3v) is 2.86. The molecule has 1 unspecified atom stereocenters. The van der Waals surface area contributed by atoms with E-state index in [9.17, 15) is 5.11 Å². The van der Waals surface area contributed by atoms with Crippen LogP contribution in [-0.2, 0) is 6.54 Å². The van der Waals surface area contributed by atoms with Crippen molar-refractivity contribution in [1.29, 1.82) is 0 Å². The average molecular weight is 247 g/mol. The van der Waals surface area contributed by atoms with E-state index in [0.717, 1.165) is 11.3 Å². The minimum absolute atomic E-state index is 0.0986. The van der Waals surface area contributed by atoms with Crippen molar-refractivity contribution in [2.45, 2.75) is 19.5 Å². The molecule has 96 valence electrons. The highest BCUT2D eigenvalue weighted by Gasteiger charge is 2.09. The van der Waals surface area contributed by atoms with Crippen molar-refractivity contribution in [3.8, 4) is 11.5 Å². The van der Waals surface area contributed by atoms with Crippen LogP contribution in [0.25, 0.3) is 0 Å². The number of phenolic OH excluding ortho intramolecular Hbond substituents is 1. The van der Waals surface area contributed by atoms with Crippen LogP contribution in [0.3, 0.4) is 0 Å². The molecule has 1 heterocycles. The molecule has 0 fully saturated rings. The minimum Gasteiger partial charge on any atom is -0.507 e. The Bertz CT molecular complexity index is 494. The molecular formula is C14H17NO3. The fourth-order valence-corrected chi connectivity index (χ4v) is 1.72. The number of furan rings is 1. The molecule has 2 N–H and O–H groups in total. The van der Waals surface area contributed by atoms with Gasteiger partial charge in [0.25, 0.3) is 0 Å². The summed E-state index contributed by atoms with van der Waals surface area (Å²) in [6.07, 6.45) is 1.65. The van der Waals surface area contributed by atoms with Crippen LogP contribution in [0.5, 0.6) is 11.5 Å². The standard InChI is InChI=1S/C14H17NO3/c1-10(14-4-3-7-18-14)15-9-11-5-6-12(17-2)8-13(11)16/h3-8,10,15-16H,9H2,1-2H3. The summed E-state index contributed by atoms with van der Waals surface area (Å²) >= 11 is 0. The van der Waals surface area contributed by atoms with E-state index in [1.54, 1.807) is 19.4 Å². The summed E-state index contributed by atoms with van der Waals surface area (Å²) < 4.78 is 10.3. The van der Waals surface area contributed by atoms with Gasteiger partial charge >= 0.3 is 0 Å². The molecule has 0 amide bonds. The second-order valence-corrected chi connectivity index (χ2v) is 4.11. The smallest absolute Gasteiger partial charge is 0.123 e. The van der Waals surface area contributed by atoms with Gasteiger partial charge in [0.1, 0.15) is 17.3 Å². The zero-order valence-electron chi connectivity index (χ0n) is 10.5. The summed E-state index contributed by atoms with van der Waals surface area (Å²) in [6.45, 7) is 2.58. The van der Waals surface area contributed by atoms with Gasteiger partial charge in [0.15, 0.2) is 0 Å². The molecule has 0 aliphatic carbocycles. The lowest BCUT2D eigenvalue weighted by Gasteiger charge is -2.12. The number of hydrogen-bond donors (Lipinski definition) is 2. The van der Waals surface area contributed by atoms with Gasteiger partial charge in [-0.3, -0.25) is 0 Å². The van der Waals surface area contributed by atoms with Crippen LogP contribution >= 0.6 is 0 Å².